The van der Waals surface area contributed by atoms with E-state index in [-0.39, 0.29) is 0 Å². The maximum atomic E-state index is 5.38. The summed E-state index contributed by atoms with van der Waals surface area (Å²) in [5.41, 5.74) is 3.04. The molecule has 1 fully saturated rings. The van der Waals surface area contributed by atoms with Crippen LogP contribution in [0.4, 0.5) is 0 Å². The van der Waals surface area contributed by atoms with Crippen LogP contribution in [0.2, 0.25) is 0 Å². The molecule has 0 spiro atoms. The highest BCUT2D eigenvalue weighted by atomic mass is 16.5. The lowest BCUT2D eigenvalue weighted by Gasteiger charge is -2.26. The molecular formula is C18H18N4O2. The van der Waals surface area contributed by atoms with Crippen LogP contribution in [0.15, 0.2) is 53.3 Å². The summed E-state index contributed by atoms with van der Waals surface area (Å²) in [5.74, 6) is 1.07. The van der Waals surface area contributed by atoms with Crippen molar-refractivity contribution in [2.45, 2.75) is 6.54 Å². The summed E-state index contributed by atoms with van der Waals surface area (Å²) in [6.45, 7) is 4.55. The molecule has 0 radical (unpaired) electrons. The van der Waals surface area contributed by atoms with Crippen molar-refractivity contribution in [1.82, 2.24) is 20.0 Å². The van der Waals surface area contributed by atoms with Gasteiger partial charge >= 0.3 is 0 Å². The van der Waals surface area contributed by atoms with E-state index in [0.29, 0.717) is 11.7 Å². The number of rotatable bonds is 4. The zero-order valence-corrected chi connectivity index (χ0v) is 13.3. The fourth-order valence-electron chi connectivity index (χ4n) is 2.72. The maximum Gasteiger partial charge on any atom is 0.259 e. The van der Waals surface area contributed by atoms with Gasteiger partial charge < -0.3 is 9.26 Å². The predicted octanol–water partition coefficient (Wildman–Crippen LogP) is 2.63. The van der Waals surface area contributed by atoms with Crippen LogP contribution in [0, 0.1) is 0 Å². The number of morpholine rings is 1. The topological polar surface area (TPSA) is 64.3 Å². The third kappa shape index (κ3) is 3.34. The van der Waals surface area contributed by atoms with Gasteiger partial charge in [-0.05, 0) is 17.7 Å². The van der Waals surface area contributed by atoms with Gasteiger partial charge in [0.1, 0.15) is 0 Å². The summed E-state index contributed by atoms with van der Waals surface area (Å²) in [7, 11) is 0. The van der Waals surface area contributed by atoms with Crippen molar-refractivity contribution in [2.75, 3.05) is 26.3 Å². The zero-order chi connectivity index (χ0) is 16.2. The molecule has 3 heterocycles. The lowest BCUT2D eigenvalue weighted by molar-refractivity contribution is 0.0342. The molecule has 1 saturated heterocycles. The average Bonchev–Trinajstić information content (AvgIpc) is 3.14. The number of hydrogen-bond acceptors (Lipinski definition) is 6. The number of nitrogens with zero attached hydrogens (tertiary/aromatic N) is 4. The number of ether oxygens (including phenoxy) is 1. The third-order valence-corrected chi connectivity index (χ3v) is 4.06. The maximum absolute atomic E-state index is 5.38. The smallest absolute Gasteiger partial charge is 0.259 e. The van der Waals surface area contributed by atoms with Crippen molar-refractivity contribution in [3.05, 3.63) is 54.4 Å². The van der Waals surface area contributed by atoms with E-state index in [2.05, 4.69) is 32.2 Å². The summed E-state index contributed by atoms with van der Waals surface area (Å²) in [6.07, 6.45) is 3.43. The Balaban J connectivity index is 1.48. The first-order valence-electron chi connectivity index (χ1n) is 8.02. The first kappa shape index (κ1) is 15.0. The van der Waals surface area contributed by atoms with Gasteiger partial charge in [0.2, 0.25) is 5.82 Å². The van der Waals surface area contributed by atoms with Gasteiger partial charge in [0.15, 0.2) is 0 Å². The van der Waals surface area contributed by atoms with Crippen LogP contribution in [0.5, 0.6) is 0 Å². The molecule has 6 nitrogen and oxygen atoms in total. The minimum atomic E-state index is 0.482. The Morgan fingerprint density at radius 3 is 2.58 bits per heavy atom. The number of aromatic nitrogens is 3. The SMILES string of the molecule is c1cncc(-c2nc(-c3ccc(CN4CCOCC4)cc3)no2)c1. The molecule has 1 aliphatic rings. The molecule has 0 saturated carbocycles. The van der Waals surface area contributed by atoms with Crippen LogP contribution in [-0.2, 0) is 11.3 Å². The van der Waals surface area contributed by atoms with Crippen molar-refractivity contribution in [3.8, 4) is 22.8 Å². The standard InChI is InChI=1S/C18H18N4O2/c1-2-16(12-19-7-1)18-20-17(21-24-18)15-5-3-14(4-6-15)13-22-8-10-23-11-9-22/h1-7,12H,8-11,13H2. The summed E-state index contributed by atoms with van der Waals surface area (Å²) in [5, 5.41) is 4.07. The molecule has 1 aliphatic heterocycles. The van der Waals surface area contributed by atoms with Crippen LogP contribution in [0.1, 0.15) is 5.56 Å². The molecule has 3 aromatic rings. The van der Waals surface area contributed by atoms with Gasteiger partial charge in [0.25, 0.3) is 5.89 Å². The summed E-state index contributed by atoms with van der Waals surface area (Å²) < 4.78 is 10.7. The van der Waals surface area contributed by atoms with Crippen LogP contribution < -0.4 is 0 Å². The van der Waals surface area contributed by atoms with Gasteiger partial charge in [-0.25, -0.2) is 0 Å². The van der Waals surface area contributed by atoms with Gasteiger partial charge in [-0.2, -0.15) is 4.98 Å². The van der Waals surface area contributed by atoms with Crippen molar-refractivity contribution in [3.63, 3.8) is 0 Å². The molecule has 0 atom stereocenters. The van der Waals surface area contributed by atoms with E-state index in [1.54, 1.807) is 12.4 Å². The Bertz CT molecular complexity index is 780. The molecule has 2 aromatic heterocycles. The second kappa shape index (κ2) is 6.90. The lowest BCUT2D eigenvalue weighted by Crippen LogP contribution is -2.35. The molecule has 4 rings (SSSR count). The summed E-state index contributed by atoms with van der Waals surface area (Å²) in [4.78, 5) is 10.9. The Morgan fingerprint density at radius 1 is 1.00 bits per heavy atom. The van der Waals surface area contributed by atoms with Gasteiger partial charge in [-0.3, -0.25) is 9.88 Å². The first-order chi connectivity index (χ1) is 11.9. The van der Waals surface area contributed by atoms with Crippen LogP contribution in [0.25, 0.3) is 22.8 Å². The van der Waals surface area contributed by atoms with Crippen molar-refractivity contribution < 1.29 is 9.26 Å². The molecule has 0 bridgehead atoms. The Labute approximate surface area is 140 Å². The minimum Gasteiger partial charge on any atom is -0.379 e. The molecule has 0 unspecified atom stereocenters. The number of hydrogen-bond donors (Lipinski definition) is 0. The minimum absolute atomic E-state index is 0.482. The average molecular weight is 322 g/mol. The molecule has 0 aliphatic carbocycles. The van der Waals surface area contributed by atoms with Gasteiger partial charge in [0.05, 0.1) is 18.8 Å². The fourth-order valence-corrected chi connectivity index (χ4v) is 2.72. The van der Waals surface area contributed by atoms with E-state index in [4.69, 9.17) is 9.26 Å². The molecule has 0 amide bonds. The Kier molecular flexibility index (Phi) is 4.31. The van der Waals surface area contributed by atoms with Crippen molar-refractivity contribution >= 4 is 0 Å². The summed E-state index contributed by atoms with van der Waals surface area (Å²) >= 11 is 0. The summed E-state index contributed by atoms with van der Waals surface area (Å²) in [6, 6.07) is 12.0. The monoisotopic (exact) mass is 322 g/mol. The highest BCUT2D eigenvalue weighted by molar-refractivity contribution is 5.59. The van der Waals surface area contributed by atoms with Crippen LogP contribution >= 0.6 is 0 Å². The van der Waals surface area contributed by atoms with E-state index in [9.17, 15) is 0 Å². The zero-order valence-electron chi connectivity index (χ0n) is 13.3. The van der Waals surface area contributed by atoms with Crippen LogP contribution in [-0.4, -0.2) is 46.3 Å². The second-order valence-electron chi connectivity index (χ2n) is 5.75. The molecule has 1 aromatic carbocycles. The highest BCUT2D eigenvalue weighted by Crippen LogP contribution is 2.22. The van der Waals surface area contributed by atoms with E-state index in [1.807, 2.05) is 24.3 Å². The van der Waals surface area contributed by atoms with Gasteiger partial charge in [0, 0.05) is 37.6 Å². The molecule has 24 heavy (non-hydrogen) atoms. The lowest BCUT2D eigenvalue weighted by atomic mass is 10.1. The predicted molar refractivity (Wildman–Crippen MR) is 89.1 cm³/mol. The van der Waals surface area contributed by atoms with Crippen LogP contribution in [0.3, 0.4) is 0 Å². The Hall–Kier alpha value is -2.57. The third-order valence-electron chi connectivity index (χ3n) is 4.06. The largest absolute Gasteiger partial charge is 0.379 e. The highest BCUT2D eigenvalue weighted by Gasteiger charge is 2.12. The fraction of sp³-hybridized carbons (Fsp3) is 0.278. The molecular weight excluding hydrogens is 304 g/mol. The van der Waals surface area contributed by atoms with Crippen molar-refractivity contribution in [2.24, 2.45) is 0 Å². The normalized spacial score (nSPS) is 15.5. The number of benzene rings is 1. The van der Waals surface area contributed by atoms with Crippen molar-refractivity contribution in [1.29, 1.82) is 0 Å². The van der Waals surface area contributed by atoms with E-state index in [0.717, 1.165) is 44.0 Å². The second-order valence-corrected chi connectivity index (χ2v) is 5.75. The quantitative estimate of drug-likeness (QED) is 0.736. The molecule has 0 N–H and O–H groups in total. The van der Waals surface area contributed by atoms with Gasteiger partial charge in [-0.1, -0.05) is 29.4 Å². The molecule has 122 valence electrons. The first-order valence-corrected chi connectivity index (χ1v) is 8.02. The Morgan fingerprint density at radius 2 is 1.83 bits per heavy atom. The van der Waals surface area contributed by atoms with E-state index in [1.165, 1.54) is 5.56 Å². The number of pyridine rings is 1. The van der Waals surface area contributed by atoms with Gasteiger partial charge in [-0.15, -0.1) is 0 Å². The van der Waals surface area contributed by atoms with E-state index < -0.39 is 0 Å². The van der Waals surface area contributed by atoms with E-state index >= 15 is 0 Å². The molecule has 6 heteroatoms.